The zero-order chi connectivity index (χ0) is 16.0. The molecule has 1 atom stereocenters. The number of carboxylic acids is 1. The van der Waals surface area contributed by atoms with Gasteiger partial charge < -0.3 is 10.4 Å². The van der Waals surface area contributed by atoms with E-state index in [1.807, 2.05) is 13.8 Å². The second-order valence-corrected chi connectivity index (χ2v) is 5.76. The third-order valence-corrected chi connectivity index (χ3v) is 3.26. The molecule has 0 spiro atoms. The van der Waals surface area contributed by atoms with Crippen LogP contribution in [0.1, 0.15) is 42.6 Å². The Hall–Kier alpha value is -1.91. The third-order valence-electron chi connectivity index (χ3n) is 3.26. The molecule has 0 radical (unpaired) electrons. The normalized spacial score (nSPS) is 12.2. The Kier molecular flexibility index (Phi) is 6.34. The van der Waals surface area contributed by atoms with Gasteiger partial charge in [-0.25, -0.2) is 4.39 Å². The maximum Gasteiger partial charge on any atom is 0.303 e. The predicted molar refractivity (Wildman–Crippen MR) is 78.7 cm³/mol. The highest BCUT2D eigenvalue weighted by molar-refractivity contribution is 5.95. The smallest absolute Gasteiger partial charge is 0.303 e. The lowest BCUT2D eigenvalue weighted by Crippen LogP contribution is -2.31. The van der Waals surface area contributed by atoms with Crippen LogP contribution >= 0.6 is 0 Å². The van der Waals surface area contributed by atoms with E-state index in [0.717, 1.165) is 0 Å². The lowest BCUT2D eigenvalue weighted by Gasteiger charge is -2.18. The number of carbonyl (C=O) groups is 2. The molecule has 0 aliphatic rings. The highest BCUT2D eigenvalue weighted by atomic mass is 19.1. The fourth-order valence-electron chi connectivity index (χ4n) is 2.32. The lowest BCUT2D eigenvalue weighted by molar-refractivity contribution is -0.138. The molecule has 0 saturated heterocycles. The molecule has 0 bridgehead atoms. The first-order chi connectivity index (χ1) is 9.79. The molecule has 1 amide bonds. The lowest BCUT2D eigenvalue weighted by atomic mass is 9.94. The maximum absolute atomic E-state index is 13.2. The summed E-state index contributed by atoms with van der Waals surface area (Å²) < 4.78 is 13.2. The Morgan fingerprint density at radius 2 is 2.00 bits per heavy atom. The van der Waals surface area contributed by atoms with Crippen molar-refractivity contribution in [3.63, 3.8) is 0 Å². The van der Waals surface area contributed by atoms with E-state index < -0.39 is 11.8 Å². The van der Waals surface area contributed by atoms with Crippen molar-refractivity contribution in [3.05, 3.63) is 35.1 Å². The molecular formula is C16H22FNO3. The van der Waals surface area contributed by atoms with Crippen molar-refractivity contribution >= 4 is 11.9 Å². The minimum atomic E-state index is -0.878. The van der Waals surface area contributed by atoms with Crippen molar-refractivity contribution in [2.75, 3.05) is 6.54 Å². The number of hydrogen-bond acceptors (Lipinski definition) is 2. The van der Waals surface area contributed by atoms with Gasteiger partial charge in [-0.2, -0.15) is 0 Å². The van der Waals surface area contributed by atoms with E-state index in [-0.39, 0.29) is 30.4 Å². The molecule has 4 nitrogen and oxygen atoms in total. The second kappa shape index (κ2) is 7.76. The summed E-state index contributed by atoms with van der Waals surface area (Å²) in [7, 11) is 0. The van der Waals surface area contributed by atoms with Gasteiger partial charge in [-0.15, -0.1) is 0 Å². The Labute approximate surface area is 124 Å². The van der Waals surface area contributed by atoms with Crippen molar-refractivity contribution in [1.29, 1.82) is 0 Å². The summed E-state index contributed by atoms with van der Waals surface area (Å²) in [5, 5.41) is 11.6. The highest BCUT2D eigenvalue weighted by Crippen LogP contribution is 2.16. The van der Waals surface area contributed by atoms with E-state index in [4.69, 9.17) is 5.11 Å². The highest BCUT2D eigenvalue weighted by Gasteiger charge is 2.17. The quantitative estimate of drug-likeness (QED) is 0.812. The SMILES string of the molecule is Cc1ccc(F)cc1C(=O)NC[C@H](CC(=O)O)CC(C)C. The Morgan fingerprint density at radius 3 is 2.57 bits per heavy atom. The van der Waals surface area contributed by atoms with Crippen LogP contribution in [0.4, 0.5) is 4.39 Å². The number of amides is 1. The fourth-order valence-corrected chi connectivity index (χ4v) is 2.32. The van der Waals surface area contributed by atoms with Gasteiger partial charge in [-0.1, -0.05) is 19.9 Å². The van der Waals surface area contributed by atoms with Crippen LogP contribution in [-0.2, 0) is 4.79 Å². The van der Waals surface area contributed by atoms with E-state index >= 15 is 0 Å². The zero-order valence-electron chi connectivity index (χ0n) is 12.6. The summed E-state index contributed by atoms with van der Waals surface area (Å²) in [4.78, 5) is 22.9. The van der Waals surface area contributed by atoms with E-state index in [1.165, 1.54) is 12.1 Å². The maximum atomic E-state index is 13.2. The number of rotatable bonds is 7. The minimum Gasteiger partial charge on any atom is -0.481 e. The molecule has 116 valence electrons. The molecule has 1 rings (SSSR count). The van der Waals surface area contributed by atoms with Crippen molar-refractivity contribution < 1.29 is 19.1 Å². The van der Waals surface area contributed by atoms with Gasteiger partial charge in [0.2, 0.25) is 0 Å². The van der Waals surface area contributed by atoms with Gasteiger partial charge in [-0.05, 0) is 42.9 Å². The molecular weight excluding hydrogens is 273 g/mol. The third kappa shape index (κ3) is 5.94. The predicted octanol–water partition coefficient (Wildman–Crippen LogP) is 3.00. The largest absolute Gasteiger partial charge is 0.481 e. The van der Waals surface area contributed by atoms with Gasteiger partial charge in [0, 0.05) is 18.5 Å². The summed E-state index contributed by atoms with van der Waals surface area (Å²) in [6.45, 7) is 6.03. The molecule has 0 aliphatic carbocycles. The average Bonchev–Trinajstić information content (AvgIpc) is 2.37. The summed E-state index contributed by atoms with van der Waals surface area (Å²) in [6.07, 6.45) is 0.731. The molecule has 0 saturated carbocycles. The van der Waals surface area contributed by atoms with Gasteiger partial charge in [0.1, 0.15) is 5.82 Å². The van der Waals surface area contributed by atoms with Crippen LogP contribution in [0, 0.1) is 24.6 Å². The van der Waals surface area contributed by atoms with Crippen molar-refractivity contribution in [2.45, 2.75) is 33.6 Å². The Bertz CT molecular complexity index is 514. The summed E-state index contributed by atoms with van der Waals surface area (Å²) >= 11 is 0. The summed E-state index contributed by atoms with van der Waals surface area (Å²) in [5.74, 6) is -1.49. The van der Waals surface area contributed by atoms with Crippen LogP contribution in [0.15, 0.2) is 18.2 Å². The average molecular weight is 295 g/mol. The Balaban J connectivity index is 2.68. The molecule has 0 fully saturated rings. The number of nitrogens with one attached hydrogen (secondary N) is 1. The van der Waals surface area contributed by atoms with E-state index in [0.29, 0.717) is 17.9 Å². The first kappa shape index (κ1) is 17.1. The molecule has 5 heteroatoms. The standard InChI is InChI=1S/C16H22FNO3/c1-10(2)6-12(7-15(19)20)9-18-16(21)14-8-13(17)5-4-11(14)3/h4-5,8,10,12H,6-7,9H2,1-3H3,(H,18,21)(H,19,20)/t12-/m0/s1. The fraction of sp³-hybridized carbons (Fsp3) is 0.500. The molecule has 0 aliphatic heterocycles. The van der Waals surface area contributed by atoms with E-state index in [9.17, 15) is 14.0 Å². The van der Waals surface area contributed by atoms with Gasteiger partial charge in [-0.3, -0.25) is 9.59 Å². The molecule has 0 aromatic heterocycles. The molecule has 0 unspecified atom stereocenters. The van der Waals surface area contributed by atoms with Crippen LogP contribution < -0.4 is 5.32 Å². The zero-order valence-corrected chi connectivity index (χ0v) is 12.6. The van der Waals surface area contributed by atoms with Crippen LogP contribution in [0.3, 0.4) is 0 Å². The summed E-state index contributed by atoms with van der Waals surface area (Å²) in [6, 6.07) is 4.05. The van der Waals surface area contributed by atoms with Gasteiger partial charge in [0.25, 0.3) is 5.91 Å². The van der Waals surface area contributed by atoms with E-state index in [2.05, 4.69) is 5.32 Å². The van der Waals surface area contributed by atoms with Crippen LogP contribution in [-0.4, -0.2) is 23.5 Å². The molecule has 1 aromatic carbocycles. The van der Waals surface area contributed by atoms with Gasteiger partial charge in [0.05, 0.1) is 0 Å². The minimum absolute atomic E-state index is 0.0145. The second-order valence-electron chi connectivity index (χ2n) is 5.76. The van der Waals surface area contributed by atoms with Gasteiger partial charge >= 0.3 is 5.97 Å². The van der Waals surface area contributed by atoms with Crippen molar-refractivity contribution in [1.82, 2.24) is 5.32 Å². The van der Waals surface area contributed by atoms with Gasteiger partial charge in [0.15, 0.2) is 0 Å². The molecule has 2 N–H and O–H groups in total. The van der Waals surface area contributed by atoms with E-state index in [1.54, 1.807) is 13.0 Å². The number of halogens is 1. The monoisotopic (exact) mass is 295 g/mol. The first-order valence-electron chi connectivity index (χ1n) is 7.05. The molecule has 21 heavy (non-hydrogen) atoms. The number of aliphatic carboxylic acids is 1. The number of hydrogen-bond donors (Lipinski definition) is 2. The number of aryl methyl sites for hydroxylation is 1. The number of carbonyl (C=O) groups excluding carboxylic acids is 1. The number of carboxylic acid groups (broad SMARTS) is 1. The van der Waals surface area contributed by atoms with Crippen LogP contribution in [0.5, 0.6) is 0 Å². The van der Waals surface area contributed by atoms with Crippen molar-refractivity contribution in [2.24, 2.45) is 11.8 Å². The van der Waals surface area contributed by atoms with Crippen molar-refractivity contribution in [3.8, 4) is 0 Å². The number of benzene rings is 1. The molecule has 0 heterocycles. The molecule has 1 aromatic rings. The van der Waals surface area contributed by atoms with Crippen LogP contribution in [0.2, 0.25) is 0 Å². The van der Waals surface area contributed by atoms with Crippen LogP contribution in [0.25, 0.3) is 0 Å². The topological polar surface area (TPSA) is 66.4 Å². The first-order valence-corrected chi connectivity index (χ1v) is 7.05. The Morgan fingerprint density at radius 1 is 1.33 bits per heavy atom. The summed E-state index contributed by atoms with van der Waals surface area (Å²) in [5.41, 5.74) is 0.973.